The number of carboxylic acids is 1. The highest BCUT2D eigenvalue weighted by Crippen LogP contribution is 2.44. The number of fused-ring (bicyclic) bond motifs is 1. The second kappa shape index (κ2) is 6.14. The van der Waals surface area contributed by atoms with Gasteiger partial charge in [0.25, 0.3) is 5.91 Å². The molecule has 1 amide bonds. The van der Waals surface area contributed by atoms with Crippen LogP contribution in [0, 0.1) is 18.8 Å². The van der Waals surface area contributed by atoms with E-state index in [-0.39, 0.29) is 11.8 Å². The Kier molecular flexibility index (Phi) is 4.11. The molecule has 24 heavy (non-hydrogen) atoms. The lowest BCUT2D eigenvalue weighted by molar-refractivity contribution is -0.142. The summed E-state index contributed by atoms with van der Waals surface area (Å²) >= 11 is 1.50. The van der Waals surface area contributed by atoms with Crippen molar-refractivity contribution in [2.75, 3.05) is 6.54 Å². The van der Waals surface area contributed by atoms with Gasteiger partial charge in [0.2, 0.25) is 0 Å². The van der Waals surface area contributed by atoms with Gasteiger partial charge < -0.3 is 10.0 Å². The number of hydrogen-bond donors (Lipinski definition) is 1. The number of carboxylic acid groups (broad SMARTS) is 1. The minimum absolute atomic E-state index is 0.115. The molecule has 6 heteroatoms. The summed E-state index contributed by atoms with van der Waals surface area (Å²) in [6, 6.07) is -0.651. The van der Waals surface area contributed by atoms with Crippen LogP contribution in [0.5, 0.6) is 0 Å². The summed E-state index contributed by atoms with van der Waals surface area (Å²) in [5.41, 5.74) is 0.771. The molecule has 2 aliphatic carbocycles. The molecule has 3 atom stereocenters. The molecule has 5 nitrogen and oxygen atoms in total. The minimum atomic E-state index is -0.851. The van der Waals surface area contributed by atoms with Crippen LogP contribution in [0.25, 0.3) is 0 Å². The van der Waals surface area contributed by atoms with Crippen molar-refractivity contribution < 1.29 is 14.7 Å². The summed E-state index contributed by atoms with van der Waals surface area (Å²) in [5, 5.41) is 10.7. The predicted octanol–water partition coefficient (Wildman–Crippen LogP) is 3.43. The number of thiazole rings is 1. The van der Waals surface area contributed by atoms with Crippen LogP contribution in [0.4, 0.5) is 0 Å². The number of aromatic nitrogens is 1. The van der Waals surface area contributed by atoms with Gasteiger partial charge in [0.1, 0.15) is 10.9 Å². The number of rotatable bonds is 3. The van der Waals surface area contributed by atoms with Gasteiger partial charge in [-0.05, 0) is 44.4 Å². The molecular weight excluding hydrogens is 324 g/mol. The Bertz CT molecular complexity index is 665. The van der Waals surface area contributed by atoms with Crippen molar-refractivity contribution in [2.24, 2.45) is 11.8 Å². The Morgan fingerprint density at radius 1 is 1.17 bits per heavy atom. The molecule has 3 unspecified atom stereocenters. The van der Waals surface area contributed by atoms with Gasteiger partial charge in [0.15, 0.2) is 0 Å². The fourth-order valence-electron chi connectivity index (χ4n) is 4.92. The van der Waals surface area contributed by atoms with Crippen LogP contribution in [0.15, 0.2) is 0 Å². The maximum atomic E-state index is 13.1. The Morgan fingerprint density at radius 2 is 1.92 bits per heavy atom. The maximum absolute atomic E-state index is 13.1. The van der Waals surface area contributed by atoms with Crippen molar-refractivity contribution in [1.29, 1.82) is 0 Å². The van der Waals surface area contributed by atoms with Gasteiger partial charge in [0.05, 0.1) is 10.7 Å². The third-order valence-electron chi connectivity index (χ3n) is 6.12. The minimum Gasteiger partial charge on any atom is -0.480 e. The van der Waals surface area contributed by atoms with Crippen LogP contribution >= 0.6 is 11.3 Å². The Hall–Kier alpha value is -1.43. The summed E-state index contributed by atoms with van der Waals surface area (Å²) in [6.45, 7) is 2.48. The molecule has 1 N–H and O–H groups in total. The fraction of sp³-hybridized carbons (Fsp3) is 0.722. The second-order valence-electron chi connectivity index (χ2n) is 7.54. The molecule has 0 bridgehead atoms. The number of hydrogen-bond acceptors (Lipinski definition) is 4. The Balaban J connectivity index is 1.60. The standard InChI is InChI=1S/C18H24N2O3S/c1-10-15(24-16(19-10)11-5-2-3-6-11)17(21)20-9-12-7-4-8-13(12)14(20)18(22)23/h11-14H,2-9H2,1H3,(H,22,23). The molecule has 130 valence electrons. The van der Waals surface area contributed by atoms with Crippen molar-refractivity contribution in [2.45, 2.75) is 63.8 Å². The van der Waals surface area contributed by atoms with Crippen molar-refractivity contribution in [3.05, 3.63) is 15.6 Å². The topological polar surface area (TPSA) is 70.5 Å². The quantitative estimate of drug-likeness (QED) is 0.908. The van der Waals surface area contributed by atoms with E-state index in [2.05, 4.69) is 4.98 Å². The molecule has 0 radical (unpaired) electrons. The molecule has 1 aromatic heterocycles. The zero-order valence-corrected chi connectivity index (χ0v) is 14.8. The van der Waals surface area contributed by atoms with Gasteiger partial charge in [-0.15, -0.1) is 11.3 Å². The molecule has 4 rings (SSSR count). The first-order valence-corrected chi connectivity index (χ1v) is 9.89. The van der Waals surface area contributed by atoms with E-state index in [4.69, 9.17) is 0 Å². The lowest BCUT2D eigenvalue weighted by Gasteiger charge is -2.24. The van der Waals surface area contributed by atoms with Crippen LogP contribution < -0.4 is 0 Å². The van der Waals surface area contributed by atoms with E-state index >= 15 is 0 Å². The number of carbonyl (C=O) groups is 2. The van der Waals surface area contributed by atoms with Crippen LogP contribution in [0.1, 0.15) is 71.2 Å². The molecule has 2 saturated carbocycles. The van der Waals surface area contributed by atoms with Crippen LogP contribution in [-0.4, -0.2) is 39.5 Å². The van der Waals surface area contributed by atoms with E-state index in [1.54, 1.807) is 4.90 Å². The molecule has 0 spiro atoms. The second-order valence-corrected chi connectivity index (χ2v) is 8.57. The highest BCUT2D eigenvalue weighted by atomic mass is 32.1. The summed E-state index contributed by atoms with van der Waals surface area (Å²) in [5.74, 6) is 0.0158. The third-order valence-corrected chi connectivity index (χ3v) is 7.42. The zero-order chi connectivity index (χ0) is 16.8. The van der Waals surface area contributed by atoms with Crippen molar-refractivity contribution >= 4 is 23.2 Å². The van der Waals surface area contributed by atoms with Gasteiger partial charge in [0, 0.05) is 12.5 Å². The third kappa shape index (κ3) is 2.55. The number of carbonyl (C=O) groups excluding carboxylic acids is 1. The first-order chi connectivity index (χ1) is 11.6. The smallest absolute Gasteiger partial charge is 0.326 e. The largest absolute Gasteiger partial charge is 0.480 e. The Labute approximate surface area is 146 Å². The summed E-state index contributed by atoms with van der Waals surface area (Å²) in [4.78, 5) is 31.8. The highest BCUT2D eigenvalue weighted by molar-refractivity contribution is 7.13. The van der Waals surface area contributed by atoms with Crippen LogP contribution in [-0.2, 0) is 4.79 Å². The van der Waals surface area contributed by atoms with E-state index < -0.39 is 12.0 Å². The zero-order valence-electron chi connectivity index (χ0n) is 14.0. The van der Waals surface area contributed by atoms with Gasteiger partial charge in [-0.3, -0.25) is 4.79 Å². The normalized spacial score (nSPS) is 30.0. The fourth-order valence-corrected chi connectivity index (χ4v) is 6.12. The van der Waals surface area contributed by atoms with Gasteiger partial charge in [-0.2, -0.15) is 0 Å². The molecule has 3 aliphatic rings. The SMILES string of the molecule is Cc1nc(C2CCCC2)sc1C(=O)N1CC2CCCC2C1C(=O)O. The van der Waals surface area contributed by atoms with Gasteiger partial charge in [-0.25, -0.2) is 9.78 Å². The van der Waals surface area contributed by atoms with Crippen molar-refractivity contribution in [3.63, 3.8) is 0 Å². The lowest BCUT2D eigenvalue weighted by Crippen LogP contribution is -2.43. The van der Waals surface area contributed by atoms with Crippen LogP contribution in [0.3, 0.4) is 0 Å². The molecule has 1 aliphatic heterocycles. The Morgan fingerprint density at radius 3 is 2.62 bits per heavy atom. The predicted molar refractivity (Wildman–Crippen MR) is 91.4 cm³/mol. The summed E-state index contributed by atoms with van der Waals surface area (Å²) in [7, 11) is 0. The summed E-state index contributed by atoms with van der Waals surface area (Å²) in [6.07, 6.45) is 7.87. The maximum Gasteiger partial charge on any atom is 0.326 e. The molecule has 0 aromatic carbocycles. The first-order valence-electron chi connectivity index (χ1n) is 9.07. The van der Waals surface area contributed by atoms with E-state index in [1.807, 2.05) is 6.92 Å². The van der Waals surface area contributed by atoms with E-state index in [9.17, 15) is 14.7 Å². The van der Waals surface area contributed by atoms with Crippen molar-refractivity contribution in [1.82, 2.24) is 9.88 Å². The number of aryl methyl sites for hydroxylation is 1. The van der Waals surface area contributed by atoms with Gasteiger partial charge in [-0.1, -0.05) is 19.3 Å². The van der Waals surface area contributed by atoms with Crippen molar-refractivity contribution in [3.8, 4) is 0 Å². The van der Waals surface area contributed by atoms with Gasteiger partial charge >= 0.3 is 5.97 Å². The molecule has 3 fully saturated rings. The summed E-state index contributed by atoms with van der Waals surface area (Å²) < 4.78 is 0. The molecular formula is C18H24N2O3S. The lowest BCUT2D eigenvalue weighted by atomic mass is 9.94. The van der Waals surface area contributed by atoms with Crippen LogP contribution in [0.2, 0.25) is 0 Å². The molecule has 1 aromatic rings. The molecule has 2 heterocycles. The van der Waals surface area contributed by atoms with E-state index in [0.29, 0.717) is 23.3 Å². The van der Waals surface area contributed by atoms with E-state index in [1.165, 1.54) is 24.2 Å². The monoisotopic (exact) mass is 348 g/mol. The highest BCUT2D eigenvalue weighted by Gasteiger charge is 2.50. The van der Waals surface area contributed by atoms with E-state index in [0.717, 1.165) is 42.8 Å². The number of likely N-dealkylation sites (tertiary alicyclic amines) is 1. The first kappa shape index (κ1) is 16.1. The number of nitrogens with zero attached hydrogens (tertiary/aromatic N) is 2. The molecule has 1 saturated heterocycles. The average Bonchev–Trinajstić information content (AvgIpc) is 3.29. The number of aliphatic carboxylic acids is 1. The average molecular weight is 348 g/mol. The number of amides is 1.